The van der Waals surface area contributed by atoms with Crippen molar-refractivity contribution in [2.24, 2.45) is 23.7 Å². The molecule has 2 saturated carbocycles. The number of aryl methyl sites for hydroxylation is 1. The van der Waals surface area contributed by atoms with Crippen molar-refractivity contribution >= 4 is 51.3 Å². The molecule has 9 aromatic rings. The lowest BCUT2D eigenvalue weighted by Gasteiger charge is -2.39. The Labute approximate surface area is 837 Å². The van der Waals surface area contributed by atoms with Crippen LogP contribution in [0.3, 0.4) is 0 Å². The average Bonchev–Trinajstić information content (AvgIpc) is 1.60. The number of carbonyl (C=O) groups is 1. The zero-order chi connectivity index (χ0) is 97.9. The van der Waals surface area contributed by atoms with Gasteiger partial charge in [0.1, 0.15) is 5.75 Å². The molecule has 4 saturated heterocycles. The number of aliphatic hydroxyl groups is 3. The SMILES string of the molecule is CCC1Cc2ccccc2N1C.CN1CC(CO)c2ccccc21.CN1CCC2NC(=O)CCC21.CN1CC[C@@H]2CCCC[C@@H]2C1.CN1CC[C@H]2CCCC[C@@H]2C1.CN1CCc2cn[nH]c2CC1.CN1CCc2ncsc2CC1.CN1CCn2cccc2C1.CN1Cc2sccc2CC1CO.CN1c2ccccc2CC1CO.COc1ccc2c(c1)N(C)CC2.Cc1[nH]nc2c1CN(C)CC2(C)C. The quantitative estimate of drug-likeness (QED) is 0.0945. The van der Waals surface area contributed by atoms with Gasteiger partial charge in [-0.1, -0.05) is 120 Å². The highest BCUT2D eigenvalue weighted by Crippen LogP contribution is 2.41. The van der Waals surface area contributed by atoms with Crippen molar-refractivity contribution in [2.45, 2.75) is 237 Å². The van der Waals surface area contributed by atoms with E-state index in [1.54, 1.807) is 18.4 Å². The number of nitrogens with zero attached hydrogens (tertiary/aromatic N) is 16. The molecule has 758 valence electrons. The van der Waals surface area contributed by atoms with E-state index in [2.05, 4.69) is 290 Å². The summed E-state index contributed by atoms with van der Waals surface area (Å²) in [7, 11) is 27.5. The number of hydrogen-bond donors (Lipinski definition) is 6. The van der Waals surface area contributed by atoms with E-state index in [1.807, 2.05) is 60.4 Å². The molecule has 5 aromatic heterocycles. The van der Waals surface area contributed by atoms with Crippen LogP contribution in [0.2, 0.25) is 0 Å². The largest absolute Gasteiger partial charge is 0.497 e. The molecule has 24 rings (SSSR count). The molecule has 1 amide bonds. The highest BCUT2D eigenvalue weighted by Gasteiger charge is 2.38. The predicted octanol–water partition coefficient (Wildman–Crippen LogP) is 15.7. The van der Waals surface area contributed by atoms with Crippen LogP contribution in [0.1, 0.15) is 194 Å². The summed E-state index contributed by atoms with van der Waals surface area (Å²) in [5.74, 6) is 5.81. The van der Waals surface area contributed by atoms with Gasteiger partial charge >= 0.3 is 0 Å². The second kappa shape index (κ2) is 52.8. The molecule has 26 heteroatoms. The van der Waals surface area contributed by atoms with E-state index >= 15 is 0 Å². The molecular weight excluding hydrogens is 1760 g/mol. The van der Waals surface area contributed by atoms with Gasteiger partial charge in [-0.05, 0) is 265 Å². The van der Waals surface area contributed by atoms with Crippen molar-refractivity contribution in [1.29, 1.82) is 0 Å². The number of ether oxygens (including phenoxy) is 1. The number of benzene rings is 4. The molecule has 138 heavy (non-hydrogen) atoms. The Hall–Kier alpha value is -8.06. The average molecular weight is 1930 g/mol. The number of amides is 1. The number of carbonyl (C=O) groups excluding carboxylic acids is 1. The molecule has 15 aliphatic rings. The van der Waals surface area contributed by atoms with Gasteiger partial charge in [-0.15, -0.1) is 22.7 Å². The summed E-state index contributed by atoms with van der Waals surface area (Å²) in [6.07, 6.45) is 32.2. The molecule has 0 bridgehead atoms. The van der Waals surface area contributed by atoms with Gasteiger partial charge < -0.3 is 78.9 Å². The monoisotopic (exact) mass is 1930 g/mol. The number of anilines is 4. The maximum absolute atomic E-state index is 11.0. The Morgan fingerprint density at radius 1 is 0.493 bits per heavy atom. The molecule has 6 N–H and O–H groups in total. The third-order valence-corrected chi connectivity index (χ3v) is 34.0. The van der Waals surface area contributed by atoms with Gasteiger partial charge in [0.25, 0.3) is 0 Å². The molecule has 0 spiro atoms. The minimum atomic E-state index is 0.188. The fourth-order valence-corrected chi connectivity index (χ4v) is 25.1. The molecule has 6 fully saturated rings. The molecule has 0 radical (unpaired) electrons. The van der Waals surface area contributed by atoms with E-state index < -0.39 is 0 Å². The van der Waals surface area contributed by atoms with Gasteiger partial charge in [-0.2, -0.15) is 10.2 Å². The van der Waals surface area contributed by atoms with Crippen molar-refractivity contribution in [3.05, 3.63) is 210 Å². The number of hydrogen-bond acceptors (Lipinski definition) is 22. The number of piperidine rings is 3. The topological polar surface area (TPSA) is 213 Å². The molecule has 2 aliphatic carbocycles. The van der Waals surface area contributed by atoms with Gasteiger partial charge in [0.05, 0.1) is 56.1 Å². The molecule has 6 unspecified atom stereocenters. The number of thiazole rings is 1. The molecule has 24 nitrogen and oxygen atoms in total. The Balaban J connectivity index is 0.000000127. The minimum absolute atomic E-state index is 0.188. The van der Waals surface area contributed by atoms with Gasteiger partial charge in [0.15, 0.2) is 0 Å². The van der Waals surface area contributed by atoms with E-state index in [9.17, 15) is 4.79 Å². The number of aromatic nitrogens is 6. The van der Waals surface area contributed by atoms with E-state index in [-0.39, 0.29) is 37.2 Å². The summed E-state index contributed by atoms with van der Waals surface area (Å²) in [4.78, 5) is 46.3. The summed E-state index contributed by atoms with van der Waals surface area (Å²) in [5.41, 5.74) is 23.8. The van der Waals surface area contributed by atoms with E-state index in [0.717, 1.165) is 159 Å². The maximum atomic E-state index is 11.0. The third kappa shape index (κ3) is 29.6. The van der Waals surface area contributed by atoms with Crippen LogP contribution in [0, 0.1) is 30.6 Å². The highest BCUT2D eigenvalue weighted by molar-refractivity contribution is 7.10. The Bertz CT molecular complexity index is 4930. The standard InChI is InChI=1S/C11H15N.C10H17N3.3C10H13NO.2C10H19N.C9H13NOS.C8H13N3.C8H14N2O.C8H12N2S.C8H12N2/c1-3-10-8-9-6-4-5-7-11(9)12(10)2;1-7-8-5-13(4)6-10(2,3)9(8)12-11-7;1-11-6-5-8-3-4-9(12-2)7-10(8)11;1-11-6-8(7-12)9-4-2-3-5-10(9)11;1-11-9(7-12)6-8-4-2-3-5-10(8)11;2*1-11-7-6-9-4-2-3-5-10(9)8-11;1-10-5-9-7(2-3-12-9)4-8(10)6-11;1-11-4-2-7-6-9-10-8(7)3-5-11;1-10-5-4-6-7(10)2-3-8(11)9-6;1-10-4-2-7-8(3-5-10)11-6-9-7;1-9-5-6-10-4-2-3-8(10)7-9/h4-7,10H,3,8H2,1-2H3;5-6H2,1-4H3,(H,11,12);3-4,7H,5-6H2,1-2H3;2-5,8,12H,6-7H2,1H3;2-5,9,12H,6-7H2,1H3;2*9-10H,2-8H2,1H3;2-3,8,11H,4-6H2,1H3;6H,2-5H2,1H3,(H,9,10);6-7H,2-5H2,1H3,(H,9,11);6H,2-5H2,1H3;2-4H,5-7H2,1H3/t;;;;;9-,10+;9-,10-;;;;;/m.....01...../s1. The number of fused-ring (bicyclic) bond motifs is 12. The van der Waals surface area contributed by atoms with Crippen molar-refractivity contribution < 1.29 is 24.9 Å². The maximum Gasteiger partial charge on any atom is 0.220 e. The summed E-state index contributed by atoms with van der Waals surface area (Å²) in [6, 6.07) is 40.4. The lowest BCUT2D eigenvalue weighted by molar-refractivity contribution is -0.123. The predicted molar refractivity (Wildman–Crippen MR) is 573 cm³/mol. The first-order valence-corrected chi connectivity index (χ1v) is 54.0. The summed E-state index contributed by atoms with van der Waals surface area (Å²) >= 11 is 3.62. The summed E-state index contributed by atoms with van der Waals surface area (Å²) < 4.78 is 7.48. The molecule has 13 aliphatic heterocycles. The number of rotatable bonds is 5. The van der Waals surface area contributed by atoms with Crippen LogP contribution in [0.15, 0.2) is 132 Å². The van der Waals surface area contributed by atoms with Crippen LogP contribution in [-0.2, 0) is 87.8 Å². The number of H-pyrrole nitrogens is 2. The number of nitrogens with one attached hydrogen (secondary N) is 3. The van der Waals surface area contributed by atoms with E-state index in [0.29, 0.717) is 30.5 Å². The smallest absolute Gasteiger partial charge is 0.220 e. The zero-order valence-corrected chi connectivity index (χ0v) is 88.9. The van der Waals surface area contributed by atoms with Gasteiger partial charge in [0.2, 0.25) is 5.91 Å². The molecular formula is C112H173N19O5S2. The van der Waals surface area contributed by atoms with Crippen LogP contribution in [-0.4, -0.2) is 317 Å². The van der Waals surface area contributed by atoms with Crippen LogP contribution in [0.25, 0.3) is 0 Å². The van der Waals surface area contributed by atoms with Crippen LogP contribution < -0.4 is 29.7 Å². The summed E-state index contributed by atoms with van der Waals surface area (Å²) in [6.45, 7) is 29.5. The number of para-hydroxylation sites is 3. The highest BCUT2D eigenvalue weighted by atomic mass is 32.1. The lowest BCUT2D eigenvalue weighted by atomic mass is 9.75. The molecule has 18 heterocycles. The molecule has 4 aromatic carbocycles. The van der Waals surface area contributed by atoms with Crippen molar-refractivity contribution in [2.75, 3.05) is 216 Å². The number of thiophene rings is 1. The van der Waals surface area contributed by atoms with Crippen molar-refractivity contribution in [3.63, 3.8) is 0 Å². The lowest BCUT2D eigenvalue weighted by Crippen LogP contribution is -2.48. The van der Waals surface area contributed by atoms with Crippen LogP contribution >= 0.6 is 22.7 Å². The van der Waals surface area contributed by atoms with Crippen LogP contribution in [0.4, 0.5) is 22.7 Å². The number of aromatic amines is 2. The Kier molecular flexibility index (Phi) is 41.0. The number of methoxy groups -OCH3 is 1. The van der Waals surface area contributed by atoms with Crippen molar-refractivity contribution in [3.8, 4) is 5.75 Å². The minimum Gasteiger partial charge on any atom is -0.497 e. The molecule has 10 atom stereocenters. The Morgan fingerprint density at radius 3 is 1.78 bits per heavy atom. The van der Waals surface area contributed by atoms with Gasteiger partial charge in [-0.25, -0.2) is 4.98 Å². The first-order chi connectivity index (χ1) is 66.7. The first kappa shape index (κ1) is 107. The second-order valence-corrected chi connectivity index (χ2v) is 44.7. The fraction of sp³-hybridized carbons (Fsp3) is 0.625. The van der Waals surface area contributed by atoms with Crippen LogP contribution in [0.5, 0.6) is 5.75 Å². The second-order valence-electron chi connectivity index (χ2n) is 42.7. The fourth-order valence-electron chi connectivity index (χ4n) is 23.3. The van der Waals surface area contributed by atoms with Gasteiger partial charge in [-0.3, -0.25) is 24.8 Å². The van der Waals surface area contributed by atoms with E-state index in [4.69, 9.17) is 20.1 Å². The van der Waals surface area contributed by atoms with E-state index in [1.165, 1.54) is 223 Å². The number of likely N-dealkylation sites (N-methyl/N-ethyl adjacent to an activating group) is 10. The van der Waals surface area contributed by atoms with Crippen molar-refractivity contribution in [1.82, 2.24) is 74.5 Å². The normalized spacial score (nSPS) is 24.8. The third-order valence-electron chi connectivity index (χ3n) is 32.1. The zero-order valence-electron chi connectivity index (χ0n) is 87.3. The van der Waals surface area contributed by atoms with Gasteiger partial charge in [0, 0.05) is 249 Å². The number of aliphatic hydroxyl groups excluding tert-OH is 3. The summed E-state index contributed by atoms with van der Waals surface area (Å²) in [5, 5.41) is 47.0. The number of likely N-dealkylation sites (tertiary alicyclic amines) is 3. The first-order valence-electron chi connectivity index (χ1n) is 52.3. The Morgan fingerprint density at radius 2 is 1.12 bits per heavy atom.